The van der Waals surface area contributed by atoms with E-state index in [9.17, 15) is 9.18 Å². The fraction of sp³-hybridized carbons (Fsp3) is 0.192. The molecule has 1 atom stereocenters. The molecule has 2 amide bonds. The van der Waals surface area contributed by atoms with E-state index in [0.29, 0.717) is 18.0 Å². The summed E-state index contributed by atoms with van der Waals surface area (Å²) in [5, 5.41) is 4.83. The summed E-state index contributed by atoms with van der Waals surface area (Å²) in [4.78, 5) is 18.8. The SMILES string of the molecule is CCc1ccccc1NC(=O)N1CCc2c([nH]c3ccc(Cl)cc23)C1c1ccc(F)cc1. The number of anilines is 1. The molecule has 1 aliphatic heterocycles. The smallest absolute Gasteiger partial charge is 0.322 e. The lowest BCUT2D eigenvalue weighted by Gasteiger charge is -2.36. The summed E-state index contributed by atoms with van der Waals surface area (Å²) in [6, 6.07) is 19.4. The van der Waals surface area contributed by atoms with Crippen molar-refractivity contribution in [1.29, 1.82) is 0 Å². The van der Waals surface area contributed by atoms with E-state index in [-0.39, 0.29) is 17.9 Å². The van der Waals surface area contributed by atoms with E-state index in [1.165, 1.54) is 12.1 Å². The topological polar surface area (TPSA) is 48.1 Å². The van der Waals surface area contributed by atoms with Crippen LogP contribution in [0.4, 0.5) is 14.9 Å². The van der Waals surface area contributed by atoms with Gasteiger partial charge in [-0.1, -0.05) is 48.9 Å². The first-order chi connectivity index (χ1) is 15.5. The van der Waals surface area contributed by atoms with Crippen LogP contribution >= 0.6 is 11.6 Å². The van der Waals surface area contributed by atoms with Gasteiger partial charge in [-0.25, -0.2) is 9.18 Å². The lowest BCUT2D eigenvalue weighted by Crippen LogP contribution is -2.43. The van der Waals surface area contributed by atoms with Crippen LogP contribution in [-0.2, 0) is 12.8 Å². The van der Waals surface area contributed by atoms with Gasteiger partial charge in [0.05, 0.1) is 6.04 Å². The highest BCUT2D eigenvalue weighted by molar-refractivity contribution is 6.31. The summed E-state index contributed by atoms with van der Waals surface area (Å²) >= 11 is 6.26. The summed E-state index contributed by atoms with van der Waals surface area (Å²) in [5.74, 6) is -0.305. The summed E-state index contributed by atoms with van der Waals surface area (Å²) < 4.78 is 13.7. The number of amides is 2. The number of fused-ring (bicyclic) bond motifs is 3. The predicted molar refractivity (Wildman–Crippen MR) is 127 cm³/mol. The number of nitrogens with zero attached hydrogens (tertiary/aromatic N) is 1. The second-order valence-corrected chi connectivity index (χ2v) is 8.48. The molecule has 0 aliphatic carbocycles. The first-order valence-electron chi connectivity index (χ1n) is 10.8. The molecule has 1 unspecified atom stereocenters. The van der Waals surface area contributed by atoms with Gasteiger partial charge in [-0.05, 0) is 65.9 Å². The summed E-state index contributed by atoms with van der Waals surface area (Å²) in [7, 11) is 0. The van der Waals surface area contributed by atoms with E-state index in [4.69, 9.17) is 11.6 Å². The summed E-state index contributed by atoms with van der Waals surface area (Å²) in [6.45, 7) is 2.60. The maximum Gasteiger partial charge on any atom is 0.322 e. The number of para-hydroxylation sites is 1. The van der Waals surface area contributed by atoms with Crippen LogP contribution in [0.2, 0.25) is 5.02 Å². The molecule has 0 saturated carbocycles. The van der Waals surface area contributed by atoms with Gasteiger partial charge in [0, 0.05) is 33.9 Å². The Bertz CT molecular complexity index is 1300. The molecule has 2 heterocycles. The van der Waals surface area contributed by atoms with Gasteiger partial charge in [0.15, 0.2) is 0 Å². The summed E-state index contributed by atoms with van der Waals surface area (Å²) in [6.07, 6.45) is 1.53. The molecule has 5 rings (SSSR count). The van der Waals surface area contributed by atoms with Crippen molar-refractivity contribution < 1.29 is 9.18 Å². The van der Waals surface area contributed by atoms with E-state index in [1.54, 1.807) is 12.1 Å². The van der Waals surface area contributed by atoms with Crippen LogP contribution in [0.1, 0.15) is 35.3 Å². The lowest BCUT2D eigenvalue weighted by molar-refractivity contribution is 0.193. The Morgan fingerprint density at radius 2 is 1.94 bits per heavy atom. The van der Waals surface area contributed by atoms with E-state index >= 15 is 0 Å². The minimum atomic E-state index is -0.362. The van der Waals surface area contributed by atoms with Crippen LogP contribution in [0.15, 0.2) is 66.7 Å². The number of rotatable bonds is 3. The maximum absolute atomic E-state index is 13.7. The molecule has 162 valence electrons. The Morgan fingerprint density at radius 3 is 2.72 bits per heavy atom. The molecule has 2 N–H and O–H groups in total. The van der Waals surface area contributed by atoms with Crippen LogP contribution in [0.5, 0.6) is 0 Å². The zero-order valence-electron chi connectivity index (χ0n) is 17.7. The molecule has 0 radical (unpaired) electrons. The predicted octanol–water partition coefficient (Wildman–Crippen LogP) is 6.70. The average molecular weight is 448 g/mol. The summed E-state index contributed by atoms with van der Waals surface area (Å²) in [5.41, 5.74) is 5.81. The molecule has 4 nitrogen and oxygen atoms in total. The normalized spacial score (nSPS) is 15.6. The maximum atomic E-state index is 13.7. The van der Waals surface area contributed by atoms with Gasteiger partial charge in [0.25, 0.3) is 0 Å². The number of aryl methyl sites for hydroxylation is 1. The van der Waals surface area contributed by atoms with Crippen molar-refractivity contribution >= 4 is 34.2 Å². The minimum absolute atomic E-state index is 0.178. The lowest BCUT2D eigenvalue weighted by atomic mass is 9.92. The van der Waals surface area contributed by atoms with Crippen LogP contribution in [0.3, 0.4) is 0 Å². The number of hydrogen-bond donors (Lipinski definition) is 2. The second-order valence-electron chi connectivity index (χ2n) is 8.05. The van der Waals surface area contributed by atoms with Gasteiger partial charge in [0.1, 0.15) is 5.82 Å². The van der Waals surface area contributed by atoms with Gasteiger partial charge in [0.2, 0.25) is 0 Å². The molecule has 0 fully saturated rings. The highest BCUT2D eigenvalue weighted by Crippen LogP contribution is 2.39. The van der Waals surface area contributed by atoms with Crippen LogP contribution in [-0.4, -0.2) is 22.5 Å². The number of nitrogens with one attached hydrogen (secondary N) is 2. The average Bonchev–Trinajstić information content (AvgIpc) is 3.17. The fourth-order valence-electron chi connectivity index (χ4n) is 4.61. The van der Waals surface area contributed by atoms with Gasteiger partial charge in [-0.3, -0.25) is 0 Å². The molecule has 32 heavy (non-hydrogen) atoms. The van der Waals surface area contributed by atoms with Crippen LogP contribution < -0.4 is 5.32 Å². The fourth-order valence-corrected chi connectivity index (χ4v) is 4.78. The number of urea groups is 1. The molecule has 0 bridgehead atoms. The van der Waals surface area contributed by atoms with Crippen molar-refractivity contribution in [3.05, 3.63) is 100.0 Å². The number of carbonyl (C=O) groups is 1. The van der Waals surface area contributed by atoms with Crippen molar-refractivity contribution in [2.45, 2.75) is 25.8 Å². The van der Waals surface area contributed by atoms with Crippen molar-refractivity contribution in [3.63, 3.8) is 0 Å². The Hall–Kier alpha value is -3.31. The number of aromatic nitrogens is 1. The Labute approximate surface area is 191 Å². The van der Waals surface area contributed by atoms with E-state index in [1.807, 2.05) is 47.4 Å². The molecule has 1 aromatic heterocycles. The van der Waals surface area contributed by atoms with Gasteiger partial charge >= 0.3 is 6.03 Å². The van der Waals surface area contributed by atoms with Crippen molar-refractivity contribution in [2.24, 2.45) is 0 Å². The molecular weight excluding hydrogens is 425 g/mol. The van der Waals surface area contributed by atoms with Crippen LogP contribution in [0.25, 0.3) is 10.9 Å². The highest BCUT2D eigenvalue weighted by atomic mass is 35.5. The van der Waals surface area contributed by atoms with Gasteiger partial charge in [-0.2, -0.15) is 0 Å². The monoisotopic (exact) mass is 447 g/mol. The highest BCUT2D eigenvalue weighted by Gasteiger charge is 2.34. The number of halogens is 2. The molecule has 1 aliphatic rings. The molecule has 3 aromatic carbocycles. The first kappa shape index (κ1) is 20.6. The van der Waals surface area contributed by atoms with Gasteiger partial charge < -0.3 is 15.2 Å². The third-order valence-corrected chi connectivity index (χ3v) is 6.41. The zero-order chi connectivity index (χ0) is 22.2. The number of H-pyrrole nitrogens is 1. The van der Waals surface area contributed by atoms with E-state index < -0.39 is 0 Å². The van der Waals surface area contributed by atoms with Gasteiger partial charge in [-0.15, -0.1) is 0 Å². The Balaban J connectivity index is 1.58. The van der Waals surface area contributed by atoms with Crippen molar-refractivity contribution in [2.75, 3.05) is 11.9 Å². The molecular formula is C26H23ClFN3O. The number of aromatic amines is 1. The molecule has 4 aromatic rings. The molecule has 6 heteroatoms. The van der Waals surface area contributed by atoms with Crippen molar-refractivity contribution in [3.8, 4) is 0 Å². The number of hydrogen-bond acceptors (Lipinski definition) is 1. The van der Waals surface area contributed by atoms with E-state index in [0.717, 1.165) is 45.4 Å². The first-order valence-corrected chi connectivity index (χ1v) is 11.1. The zero-order valence-corrected chi connectivity index (χ0v) is 18.4. The Kier molecular flexibility index (Phi) is 5.35. The minimum Gasteiger partial charge on any atom is -0.356 e. The Morgan fingerprint density at radius 1 is 1.16 bits per heavy atom. The number of carbonyl (C=O) groups excluding carboxylic acids is 1. The quantitative estimate of drug-likeness (QED) is 0.360. The number of benzene rings is 3. The molecule has 0 spiro atoms. The standard InChI is InChI=1S/C26H23ClFN3O/c1-2-16-5-3-4-6-22(16)30-26(32)31-14-13-20-21-15-18(27)9-12-23(21)29-24(20)25(31)17-7-10-19(28)11-8-17/h3-12,15,25,29H,2,13-14H2,1H3,(H,30,32). The largest absolute Gasteiger partial charge is 0.356 e. The third kappa shape index (κ3) is 3.63. The van der Waals surface area contributed by atoms with Crippen LogP contribution in [0, 0.1) is 5.82 Å². The van der Waals surface area contributed by atoms with E-state index in [2.05, 4.69) is 17.2 Å². The molecule has 0 saturated heterocycles. The van der Waals surface area contributed by atoms with Crippen molar-refractivity contribution in [1.82, 2.24) is 9.88 Å². The third-order valence-electron chi connectivity index (χ3n) is 6.18. The second kappa shape index (κ2) is 8.32.